The molecule has 230 valence electrons. The lowest BCUT2D eigenvalue weighted by Gasteiger charge is -2.35. The molecule has 1 amide bonds. The quantitative estimate of drug-likeness (QED) is 0.174. The fraction of sp³-hybridized carbons (Fsp3) is 0.621. The number of nitrogens with zero attached hydrogens (tertiary/aromatic N) is 4. The Labute approximate surface area is 242 Å². The Balaban J connectivity index is 0. The van der Waals surface area contributed by atoms with Crippen molar-refractivity contribution in [1.82, 2.24) is 14.9 Å². The average Bonchev–Trinajstić information content (AvgIpc) is 2.99. The Hall–Kier alpha value is -3.31. The summed E-state index contributed by atoms with van der Waals surface area (Å²) >= 11 is 0. The van der Waals surface area contributed by atoms with Crippen molar-refractivity contribution >= 4 is 23.9 Å². The first kappa shape index (κ1) is 38.8. The molecule has 4 N–H and O–H groups in total. The van der Waals surface area contributed by atoms with Crippen LogP contribution in [-0.2, 0) is 25.4 Å². The van der Waals surface area contributed by atoms with Gasteiger partial charge in [0, 0.05) is 33.7 Å². The van der Waals surface area contributed by atoms with Gasteiger partial charge in [-0.05, 0) is 38.3 Å². The summed E-state index contributed by atoms with van der Waals surface area (Å²) in [6.45, 7) is 21.9. The number of hydrogen-bond donors (Lipinski definition) is 2. The number of anilines is 1. The summed E-state index contributed by atoms with van der Waals surface area (Å²) in [6.07, 6.45) is 2.43. The van der Waals surface area contributed by atoms with Crippen LogP contribution < -0.4 is 16.5 Å². The number of pyridine rings is 1. The van der Waals surface area contributed by atoms with Gasteiger partial charge >= 0.3 is 6.09 Å². The van der Waals surface area contributed by atoms with E-state index in [0.29, 0.717) is 43.3 Å². The van der Waals surface area contributed by atoms with Crippen molar-refractivity contribution in [2.45, 2.75) is 66.9 Å². The molecule has 1 aliphatic heterocycles. The Kier molecular flexibility index (Phi) is 22.9. The van der Waals surface area contributed by atoms with E-state index in [0.717, 1.165) is 43.7 Å². The van der Waals surface area contributed by atoms with Crippen LogP contribution in [0.1, 0.15) is 65.8 Å². The lowest BCUT2D eigenvalue weighted by Crippen LogP contribution is -2.42. The Bertz CT molecular complexity index is 865. The van der Waals surface area contributed by atoms with E-state index in [1.807, 2.05) is 26.8 Å². The van der Waals surface area contributed by atoms with E-state index in [-0.39, 0.29) is 12.7 Å². The highest BCUT2D eigenvalue weighted by Crippen LogP contribution is 2.25. The minimum absolute atomic E-state index is 0.0295. The molecule has 1 atom stereocenters. The number of aryl methyl sites for hydroxylation is 1. The lowest BCUT2D eigenvalue weighted by molar-refractivity contribution is -0.128. The minimum Gasteiger partial charge on any atom is -0.468 e. The monoisotopic (exact) mass is 566 g/mol. The van der Waals surface area contributed by atoms with Crippen molar-refractivity contribution in [2.75, 3.05) is 58.5 Å². The fourth-order valence-electron chi connectivity index (χ4n) is 3.63. The number of hydrogen-bond acceptors (Lipinski definition) is 10. The van der Waals surface area contributed by atoms with E-state index in [4.69, 9.17) is 26.0 Å². The molecule has 0 spiro atoms. The van der Waals surface area contributed by atoms with Crippen LogP contribution >= 0.6 is 0 Å². The zero-order valence-corrected chi connectivity index (χ0v) is 26.1. The maximum atomic E-state index is 12.1. The molecule has 0 aliphatic carbocycles. The first-order chi connectivity index (χ1) is 19.2. The van der Waals surface area contributed by atoms with Crippen LogP contribution in [0.15, 0.2) is 31.0 Å². The number of ether oxygens (including phenoxy) is 3. The van der Waals surface area contributed by atoms with Crippen molar-refractivity contribution < 1.29 is 23.8 Å². The lowest BCUT2D eigenvalue weighted by atomic mass is 10.1. The predicted octanol–water partition coefficient (Wildman–Crippen LogP) is 4.18. The topological polar surface area (TPSA) is 136 Å². The third kappa shape index (κ3) is 13.7. The molecule has 1 aliphatic rings. The second-order valence-electron chi connectivity index (χ2n) is 8.36. The molecule has 0 aromatic carbocycles. The van der Waals surface area contributed by atoms with E-state index < -0.39 is 6.09 Å². The number of hydrazine groups is 1. The van der Waals surface area contributed by atoms with Gasteiger partial charge in [0.2, 0.25) is 0 Å². The number of aromatic nitrogens is 1. The Morgan fingerprint density at radius 2 is 1.88 bits per heavy atom. The Morgan fingerprint density at radius 3 is 2.35 bits per heavy atom. The highest BCUT2D eigenvalue weighted by molar-refractivity contribution is 5.69. The number of amides is 1. The van der Waals surface area contributed by atoms with Crippen molar-refractivity contribution in [3.63, 3.8) is 0 Å². The summed E-state index contributed by atoms with van der Waals surface area (Å²) in [5.41, 5.74) is 10.00. The Morgan fingerprint density at radius 1 is 1.23 bits per heavy atom. The van der Waals surface area contributed by atoms with Crippen LogP contribution in [0.5, 0.6) is 0 Å². The molecule has 40 heavy (non-hydrogen) atoms. The molecule has 0 radical (unpaired) electrons. The summed E-state index contributed by atoms with van der Waals surface area (Å²) in [4.78, 5) is 30.0. The molecular weight excluding hydrogens is 512 g/mol. The number of likely N-dealkylation sites (N-methyl/N-ethyl adjacent to an activating group) is 1. The molecule has 2 heterocycles. The summed E-state index contributed by atoms with van der Waals surface area (Å²) in [6, 6.07) is 3.95. The van der Waals surface area contributed by atoms with Crippen molar-refractivity contribution in [1.29, 1.82) is 0 Å². The van der Waals surface area contributed by atoms with E-state index in [1.54, 1.807) is 21.0 Å². The van der Waals surface area contributed by atoms with E-state index in [9.17, 15) is 9.59 Å². The van der Waals surface area contributed by atoms with Gasteiger partial charge in [-0.25, -0.2) is 15.6 Å². The van der Waals surface area contributed by atoms with Crippen molar-refractivity contribution in [3.05, 3.63) is 42.4 Å². The molecule has 0 saturated carbocycles. The molecule has 11 nitrogen and oxygen atoms in total. The zero-order chi connectivity index (χ0) is 31.1. The van der Waals surface area contributed by atoms with Crippen molar-refractivity contribution in [2.24, 2.45) is 11.6 Å². The number of nitrogens with two attached hydrogens (primary N) is 2. The molecule has 1 saturated heterocycles. The van der Waals surface area contributed by atoms with Crippen LogP contribution in [0.25, 0.3) is 5.70 Å². The average molecular weight is 567 g/mol. The molecule has 0 bridgehead atoms. The minimum atomic E-state index is -0.413. The van der Waals surface area contributed by atoms with Crippen LogP contribution in [0.3, 0.4) is 0 Å². The maximum Gasteiger partial charge on any atom is 0.409 e. The van der Waals surface area contributed by atoms with Gasteiger partial charge < -0.3 is 34.8 Å². The van der Waals surface area contributed by atoms with E-state index in [2.05, 4.69) is 42.7 Å². The summed E-state index contributed by atoms with van der Waals surface area (Å²) in [7, 11) is 3.37. The first-order valence-corrected chi connectivity index (χ1v) is 14.0. The molecule has 1 aromatic rings. The first-order valence-electron chi connectivity index (χ1n) is 14.0. The summed E-state index contributed by atoms with van der Waals surface area (Å²) < 4.78 is 15.3. The van der Waals surface area contributed by atoms with Crippen molar-refractivity contribution in [3.8, 4) is 0 Å². The molecule has 1 aromatic heterocycles. The predicted molar refractivity (Wildman–Crippen MR) is 163 cm³/mol. The van der Waals surface area contributed by atoms with Gasteiger partial charge in [0.1, 0.15) is 6.61 Å². The maximum absolute atomic E-state index is 12.1. The second kappa shape index (κ2) is 23.6. The zero-order valence-electron chi connectivity index (χ0n) is 26.1. The number of carbonyl (C=O) groups is 2. The largest absolute Gasteiger partial charge is 0.468 e. The SMILES string of the molecule is C=C.CC.CCCN(C)C(=O)OC/C(=C(/N)c1ccc(N2CCOC(CC)C2)c(CC)n1)N(C)N.CCOC=O. The van der Waals surface area contributed by atoms with Gasteiger partial charge in [-0.15, -0.1) is 13.2 Å². The fourth-order valence-corrected chi connectivity index (χ4v) is 3.63. The molecular formula is C29H54N6O5. The second-order valence-corrected chi connectivity index (χ2v) is 8.36. The highest BCUT2D eigenvalue weighted by Gasteiger charge is 2.22. The number of rotatable bonds is 11. The number of carbonyl (C=O) groups excluding carboxylic acids is 2. The third-order valence-corrected chi connectivity index (χ3v) is 5.67. The highest BCUT2D eigenvalue weighted by atomic mass is 16.6. The van der Waals surface area contributed by atoms with Gasteiger partial charge in [0.05, 0.1) is 47.8 Å². The van der Waals surface area contributed by atoms with Gasteiger partial charge in [-0.3, -0.25) is 4.79 Å². The normalized spacial score (nSPS) is 14.4. The van der Waals surface area contributed by atoms with E-state index >= 15 is 0 Å². The smallest absolute Gasteiger partial charge is 0.409 e. The van der Waals surface area contributed by atoms with Gasteiger partial charge in [-0.2, -0.15) is 0 Å². The van der Waals surface area contributed by atoms with Crippen LogP contribution in [0.2, 0.25) is 0 Å². The molecule has 2 rings (SSSR count). The van der Waals surface area contributed by atoms with E-state index in [1.165, 1.54) is 9.91 Å². The van der Waals surface area contributed by atoms with Gasteiger partial charge in [0.25, 0.3) is 6.47 Å². The molecule has 11 heteroatoms. The standard InChI is InChI=1S/C22H38N6O3.C3H6O2.C2H6.C2H4/c1-6-11-26(4)22(29)31-15-20(27(5)24)21(23)18-9-10-19(17(8-3)25-18)28-12-13-30-16(7-2)14-28;1-2-5-3-4;2*1-2/h9-10,16H,6-8,11-15,23-24H2,1-5H3;3H,2H2,1H3;1-2H3;1-2H2/b21-20-;;;. The molecule has 1 unspecified atom stereocenters. The van der Waals surface area contributed by atoms with Gasteiger partial charge in [0.15, 0.2) is 0 Å². The third-order valence-electron chi connectivity index (χ3n) is 5.67. The molecule has 1 fully saturated rings. The van der Waals surface area contributed by atoms with Crippen LogP contribution in [0.4, 0.5) is 10.5 Å². The van der Waals surface area contributed by atoms with Gasteiger partial charge in [-0.1, -0.05) is 34.6 Å². The number of morpholine rings is 1. The summed E-state index contributed by atoms with van der Waals surface area (Å²) in [5, 5.41) is 1.37. The van der Waals surface area contributed by atoms with Crippen LogP contribution in [0, 0.1) is 0 Å². The van der Waals surface area contributed by atoms with Crippen LogP contribution in [-0.4, -0.2) is 87.1 Å². The summed E-state index contributed by atoms with van der Waals surface area (Å²) in [5.74, 6) is 5.98.